The third-order valence-corrected chi connectivity index (χ3v) is 3.22. The maximum Gasteiger partial charge on any atom is 0.0958 e. The quantitative estimate of drug-likeness (QED) is 0.771. The zero-order valence-corrected chi connectivity index (χ0v) is 11.9. The molecule has 0 bridgehead atoms. The number of nitrogens with zero attached hydrogens (tertiary/aromatic N) is 2. The molecule has 1 aromatic heterocycles. The van der Waals surface area contributed by atoms with E-state index in [-0.39, 0.29) is 0 Å². The molecule has 1 aromatic carbocycles. The Morgan fingerprint density at radius 1 is 1.42 bits per heavy atom. The number of hydrogen-bond donors (Lipinski definition) is 1. The van der Waals surface area contributed by atoms with E-state index < -0.39 is 0 Å². The summed E-state index contributed by atoms with van der Waals surface area (Å²) in [6.45, 7) is 10.3. The van der Waals surface area contributed by atoms with E-state index in [0.717, 1.165) is 31.4 Å². The molecule has 0 fully saturated rings. The van der Waals surface area contributed by atoms with Gasteiger partial charge in [0.25, 0.3) is 0 Å². The van der Waals surface area contributed by atoms with E-state index in [9.17, 15) is 0 Å². The molecule has 2 aromatic rings. The summed E-state index contributed by atoms with van der Waals surface area (Å²) in [5.41, 5.74) is 3.48. The van der Waals surface area contributed by atoms with Crippen molar-refractivity contribution in [2.75, 3.05) is 6.54 Å². The van der Waals surface area contributed by atoms with Crippen molar-refractivity contribution in [1.82, 2.24) is 14.9 Å². The zero-order chi connectivity index (χ0) is 13.7. The average Bonchev–Trinajstić information content (AvgIpc) is 2.79. The van der Waals surface area contributed by atoms with Gasteiger partial charge < -0.3 is 9.88 Å². The van der Waals surface area contributed by atoms with Crippen LogP contribution < -0.4 is 5.32 Å². The first-order chi connectivity index (χ1) is 9.20. The normalized spacial score (nSPS) is 12.7. The number of rotatable bonds is 7. The van der Waals surface area contributed by atoms with Gasteiger partial charge in [-0.25, -0.2) is 4.98 Å². The molecule has 0 aliphatic rings. The molecular formula is C16H23N3. The number of nitrogens with one attached hydrogen (secondary N) is 1. The van der Waals surface area contributed by atoms with Crippen molar-refractivity contribution in [3.05, 3.63) is 42.7 Å². The summed E-state index contributed by atoms with van der Waals surface area (Å²) in [4.78, 5) is 4.44. The maximum absolute atomic E-state index is 4.44. The van der Waals surface area contributed by atoms with Crippen molar-refractivity contribution < 1.29 is 0 Å². The van der Waals surface area contributed by atoms with Gasteiger partial charge in [0.1, 0.15) is 0 Å². The van der Waals surface area contributed by atoms with Crippen molar-refractivity contribution in [3.63, 3.8) is 0 Å². The molecule has 1 atom stereocenters. The predicted octanol–water partition coefficient (Wildman–Crippen LogP) is 3.37. The van der Waals surface area contributed by atoms with Crippen LogP contribution >= 0.6 is 0 Å². The zero-order valence-electron chi connectivity index (χ0n) is 11.9. The Morgan fingerprint density at radius 2 is 2.21 bits per heavy atom. The molecule has 2 rings (SSSR count). The Morgan fingerprint density at radius 3 is 2.95 bits per heavy atom. The highest BCUT2D eigenvalue weighted by molar-refractivity contribution is 5.74. The van der Waals surface area contributed by atoms with Crippen molar-refractivity contribution in [2.45, 2.75) is 39.3 Å². The molecule has 1 heterocycles. The number of para-hydroxylation sites is 2. The van der Waals surface area contributed by atoms with Crippen LogP contribution in [0.25, 0.3) is 11.0 Å². The fourth-order valence-electron chi connectivity index (χ4n) is 2.36. The fourth-order valence-corrected chi connectivity index (χ4v) is 2.36. The van der Waals surface area contributed by atoms with Gasteiger partial charge in [-0.15, -0.1) is 6.58 Å². The van der Waals surface area contributed by atoms with Crippen molar-refractivity contribution in [2.24, 2.45) is 0 Å². The molecule has 19 heavy (non-hydrogen) atoms. The van der Waals surface area contributed by atoms with Crippen LogP contribution in [-0.4, -0.2) is 22.1 Å². The van der Waals surface area contributed by atoms with Crippen molar-refractivity contribution in [1.29, 1.82) is 0 Å². The van der Waals surface area contributed by atoms with E-state index in [1.54, 1.807) is 0 Å². The van der Waals surface area contributed by atoms with Crippen molar-refractivity contribution >= 4 is 11.0 Å². The van der Waals surface area contributed by atoms with Crippen LogP contribution in [-0.2, 0) is 6.54 Å². The summed E-state index contributed by atoms with van der Waals surface area (Å²) in [6, 6.07) is 8.70. The minimum absolute atomic E-state index is 0.426. The van der Waals surface area contributed by atoms with Crippen LogP contribution in [0, 0.1) is 0 Å². The molecule has 0 saturated heterocycles. The lowest BCUT2D eigenvalue weighted by molar-refractivity contribution is 0.449. The average molecular weight is 257 g/mol. The number of hydrogen-bond acceptors (Lipinski definition) is 2. The number of imidazole rings is 1. The lowest BCUT2D eigenvalue weighted by Crippen LogP contribution is -2.33. The smallest absolute Gasteiger partial charge is 0.0958 e. The molecule has 1 unspecified atom stereocenters. The van der Waals surface area contributed by atoms with Crippen LogP contribution in [0.15, 0.2) is 42.7 Å². The van der Waals surface area contributed by atoms with Crippen LogP contribution in [0.1, 0.15) is 26.7 Å². The van der Waals surface area contributed by atoms with E-state index in [4.69, 9.17) is 0 Å². The molecule has 0 aliphatic heterocycles. The number of aromatic nitrogens is 2. The molecule has 1 N–H and O–H groups in total. The highest BCUT2D eigenvalue weighted by Gasteiger charge is 2.10. The van der Waals surface area contributed by atoms with Gasteiger partial charge in [0.05, 0.1) is 17.4 Å². The summed E-state index contributed by atoms with van der Waals surface area (Å²) in [7, 11) is 0. The summed E-state index contributed by atoms with van der Waals surface area (Å²) < 4.78 is 2.23. The second kappa shape index (κ2) is 6.53. The van der Waals surface area contributed by atoms with Gasteiger partial charge in [-0.2, -0.15) is 0 Å². The van der Waals surface area contributed by atoms with Gasteiger partial charge in [0, 0.05) is 12.6 Å². The Labute approximate surface area is 115 Å². The minimum atomic E-state index is 0.426. The monoisotopic (exact) mass is 257 g/mol. The highest BCUT2D eigenvalue weighted by Crippen LogP contribution is 2.14. The molecule has 0 saturated carbocycles. The van der Waals surface area contributed by atoms with Gasteiger partial charge in [0.15, 0.2) is 0 Å². The first-order valence-electron chi connectivity index (χ1n) is 6.98. The third kappa shape index (κ3) is 3.67. The van der Waals surface area contributed by atoms with Gasteiger partial charge in [-0.3, -0.25) is 0 Å². The van der Waals surface area contributed by atoms with Crippen LogP contribution in [0.5, 0.6) is 0 Å². The summed E-state index contributed by atoms with van der Waals surface area (Å²) in [6.07, 6.45) is 4.09. The van der Waals surface area contributed by atoms with Crippen LogP contribution in [0.3, 0.4) is 0 Å². The second-order valence-corrected chi connectivity index (χ2v) is 5.20. The van der Waals surface area contributed by atoms with Gasteiger partial charge >= 0.3 is 0 Å². The molecule has 0 radical (unpaired) electrons. The summed E-state index contributed by atoms with van der Waals surface area (Å²) in [5, 5.41) is 3.59. The minimum Gasteiger partial charge on any atom is -0.329 e. The summed E-state index contributed by atoms with van der Waals surface area (Å²) in [5.74, 6) is 0. The predicted molar refractivity (Wildman–Crippen MR) is 81.2 cm³/mol. The lowest BCUT2D eigenvalue weighted by Gasteiger charge is -2.19. The van der Waals surface area contributed by atoms with E-state index in [1.165, 1.54) is 11.1 Å². The maximum atomic E-state index is 4.44. The van der Waals surface area contributed by atoms with Crippen molar-refractivity contribution in [3.8, 4) is 0 Å². The molecule has 3 heteroatoms. The first kappa shape index (κ1) is 13.8. The molecular weight excluding hydrogens is 234 g/mol. The largest absolute Gasteiger partial charge is 0.329 e. The Kier molecular flexibility index (Phi) is 4.74. The van der Waals surface area contributed by atoms with Gasteiger partial charge in [-0.05, 0) is 38.4 Å². The molecule has 0 amide bonds. The molecule has 0 aliphatic carbocycles. The van der Waals surface area contributed by atoms with Crippen LogP contribution in [0.2, 0.25) is 0 Å². The van der Waals surface area contributed by atoms with E-state index >= 15 is 0 Å². The molecule has 3 nitrogen and oxygen atoms in total. The van der Waals surface area contributed by atoms with Crippen LogP contribution in [0.4, 0.5) is 0 Å². The van der Waals surface area contributed by atoms with Gasteiger partial charge in [-0.1, -0.05) is 24.6 Å². The first-order valence-corrected chi connectivity index (χ1v) is 6.98. The Bertz CT molecular complexity index is 542. The second-order valence-electron chi connectivity index (χ2n) is 5.20. The number of benzene rings is 1. The molecule has 102 valence electrons. The fraction of sp³-hybridized carbons (Fsp3) is 0.438. The highest BCUT2D eigenvalue weighted by atomic mass is 15.1. The SMILES string of the molecule is C=C(C)CC(Cn1cnc2ccccc21)NCCC. The van der Waals surface area contributed by atoms with E-state index in [0.29, 0.717) is 6.04 Å². The van der Waals surface area contributed by atoms with Gasteiger partial charge in [0.2, 0.25) is 0 Å². The molecule has 0 spiro atoms. The topological polar surface area (TPSA) is 29.9 Å². The number of fused-ring (bicyclic) bond motifs is 1. The Hall–Kier alpha value is -1.61. The lowest BCUT2D eigenvalue weighted by atomic mass is 10.1. The van der Waals surface area contributed by atoms with E-state index in [1.807, 2.05) is 12.4 Å². The third-order valence-electron chi connectivity index (χ3n) is 3.22. The standard InChI is InChI=1S/C16H23N3/c1-4-9-17-14(10-13(2)3)11-19-12-18-15-7-5-6-8-16(15)19/h5-8,12,14,17H,2,4,9-11H2,1,3H3. The summed E-state index contributed by atoms with van der Waals surface area (Å²) >= 11 is 0. The van der Waals surface area contributed by atoms with E-state index in [2.05, 4.69) is 53.5 Å². The Balaban J connectivity index is 2.13.